The molecule has 1 unspecified atom stereocenters. The Labute approximate surface area is 112 Å². The van der Waals surface area contributed by atoms with Crippen LogP contribution in [0.25, 0.3) is 0 Å². The van der Waals surface area contributed by atoms with Gasteiger partial charge in [-0.15, -0.1) is 0 Å². The molecule has 4 nitrogen and oxygen atoms in total. The van der Waals surface area contributed by atoms with E-state index < -0.39 is 0 Å². The van der Waals surface area contributed by atoms with Crippen LogP contribution >= 0.6 is 11.6 Å². The van der Waals surface area contributed by atoms with Crippen molar-refractivity contribution in [2.24, 2.45) is 7.05 Å². The van der Waals surface area contributed by atoms with Gasteiger partial charge in [-0.2, -0.15) is 0 Å². The van der Waals surface area contributed by atoms with Crippen molar-refractivity contribution in [3.8, 4) is 0 Å². The van der Waals surface area contributed by atoms with E-state index in [4.69, 9.17) is 16.0 Å². The number of nitrogens with zero attached hydrogens (tertiary/aromatic N) is 2. The molecule has 0 radical (unpaired) electrons. The van der Waals surface area contributed by atoms with E-state index in [1.54, 1.807) is 12.3 Å². The van der Waals surface area contributed by atoms with E-state index in [0.29, 0.717) is 5.22 Å². The van der Waals surface area contributed by atoms with E-state index in [1.165, 1.54) is 0 Å². The van der Waals surface area contributed by atoms with Crippen LogP contribution in [0.15, 0.2) is 28.9 Å². The number of furan rings is 1. The molecule has 18 heavy (non-hydrogen) atoms. The van der Waals surface area contributed by atoms with Gasteiger partial charge >= 0.3 is 0 Å². The Hall–Kier alpha value is -1.26. The maximum atomic E-state index is 5.84. The fourth-order valence-corrected chi connectivity index (χ4v) is 2.04. The minimum absolute atomic E-state index is 0.110. The summed E-state index contributed by atoms with van der Waals surface area (Å²) in [6.07, 6.45) is 5.61. The normalized spacial score (nSPS) is 12.8. The smallest absolute Gasteiger partial charge is 0.193 e. The fraction of sp³-hybridized carbons (Fsp3) is 0.462. The standard InChI is InChI=1S/C13H18ClN3O/c1-3-6-15-10(11-4-5-12(14)18-11)9-13-16-7-8-17(13)2/h4-5,7-8,10,15H,3,6,9H2,1-2H3. The minimum Gasteiger partial charge on any atom is -0.448 e. The Balaban J connectivity index is 2.12. The van der Waals surface area contributed by atoms with Gasteiger partial charge in [-0.05, 0) is 36.7 Å². The Morgan fingerprint density at radius 1 is 1.50 bits per heavy atom. The molecular weight excluding hydrogens is 250 g/mol. The number of hydrogen-bond acceptors (Lipinski definition) is 3. The zero-order chi connectivity index (χ0) is 13.0. The van der Waals surface area contributed by atoms with Gasteiger partial charge in [0.2, 0.25) is 0 Å². The molecule has 1 atom stereocenters. The summed E-state index contributed by atoms with van der Waals surface area (Å²) in [5.74, 6) is 1.88. The van der Waals surface area contributed by atoms with Crippen LogP contribution in [0.1, 0.15) is 31.0 Å². The van der Waals surface area contributed by atoms with Crippen LogP contribution < -0.4 is 5.32 Å². The summed E-state index contributed by atoms with van der Waals surface area (Å²) in [7, 11) is 1.99. The van der Waals surface area contributed by atoms with Gasteiger partial charge < -0.3 is 14.3 Å². The molecule has 2 rings (SSSR count). The molecule has 0 aliphatic heterocycles. The van der Waals surface area contributed by atoms with Crippen molar-refractivity contribution in [2.45, 2.75) is 25.8 Å². The molecule has 0 fully saturated rings. The van der Waals surface area contributed by atoms with Gasteiger partial charge in [0, 0.05) is 25.9 Å². The van der Waals surface area contributed by atoms with Crippen LogP contribution in [-0.4, -0.2) is 16.1 Å². The maximum absolute atomic E-state index is 5.84. The fourth-order valence-electron chi connectivity index (χ4n) is 1.88. The van der Waals surface area contributed by atoms with E-state index in [1.807, 2.05) is 23.9 Å². The Kier molecular flexibility index (Phi) is 4.44. The third-order valence-corrected chi connectivity index (χ3v) is 3.09. The zero-order valence-electron chi connectivity index (χ0n) is 10.7. The number of aromatic nitrogens is 2. The maximum Gasteiger partial charge on any atom is 0.193 e. The van der Waals surface area contributed by atoms with Crippen molar-refractivity contribution in [3.05, 3.63) is 41.3 Å². The van der Waals surface area contributed by atoms with Gasteiger partial charge in [0.15, 0.2) is 5.22 Å². The summed E-state index contributed by atoms with van der Waals surface area (Å²) in [5.41, 5.74) is 0. The molecule has 2 heterocycles. The molecule has 2 aromatic rings. The summed E-state index contributed by atoms with van der Waals surface area (Å²) < 4.78 is 7.52. The van der Waals surface area contributed by atoms with E-state index in [2.05, 4.69) is 17.2 Å². The number of rotatable bonds is 6. The molecule has 2 aromatic heterocycles. The minimum atomic E-state index is 0.110. The van der Waals surface area contributed by atoms with Crippen molar-refractivity contribution < 1.29 is 4.42 Å². The topological polar surface area (TPSA) is 43.0 Å². The first kappa shape index (κ1) is 13.2. The summed E-state index contributed by atoms with van der Waals surface area (Å²) in [5, 5.41) is 3.88. The van der Waals surface area contributed by atoms with E-state index >= 15 is 0 Å². The number of imidazole rings is 1. The van der Waals surface area contributed by atoms with Gasteiger partial charge in [0.1, 0.15) is 11.6 Å². The molecule has 0 aromatic carbocycles. The first-order valence-corrected chi connectivity index (χ1v) is 6.53. The second-order valence-electron chi connectivity index (χ2n) is 4.31. The zero-order valence-corrected chi connectivity index (χ0v) is 11.4. The molecule has 0 aliphatic rings. The second kappa shape index (κ2) is 6.07. The number of nitrogens with one attached hydrogen (secondary N) is 1. The first-order chi connectivity index (χ1) is 8.70. The van der Waals surface area contributed by atoms with Crippen molar-refractivity contribution in [1.29, 1.82) is 0 Å². The van der Waals surface area contributed by atoms with Crippen molar-refractivity contribution >= 4 is 11.6 Å². The monoisotopic (exact) mass is 267 g/mol. The molecule has 0 saturated heterocycles. The number of hydrogen-bond donors (Lipinski definition) is 1. The summed E-state index contributed by atoms with van der Waals surface area (Å²) in [4.78, 5) is 4.34. The van der Waals surface area contributed by atoms with Crippen molar-refractivity contribution in [3.63, 3.8) is 0 Å². The third-order valence-electron chi connectivity index (χ3n) is 2.89. The molecule has 0 spiro atoms. The van der Waals surface area contributed by atoms with Crippen molar-refractivity contribution in [2.75, 3.05) is 6.54 Å². The SMILES string of the molecule is CCCNC(Cc1nccn1C)c1ccc(Cl)o1. The van der Waals surface area contributed by atoms with Gasteiger partial charge in [-0.3, -0.25) is 0 Å². The van der Waals surface area contributed by atoms with E-state index in [9.17, 15) is 0 Å². The first-order valence-electron chi connectivity index (χ1n) is 6.15. The number of aryl methyl sites for hydroxylation is 1. The quantitative estimate of drug-likeness (QED) is 0.875. The second-order valence-corrected chi connectivity index (χ2v) is 4.68. The van der Waals surface area contributed by atoms with Gasteiger partial charge in [0.25, 0.3) is 0 Å². The third kappa shape index (κ3) is 3.15. The van der Waals surface area contributed by atoms with Crippen LogP contribution in [0.2, 0.25) is 5.22 Å². The highest BCUT2D eigenvalue weighted by Crippen LogP contribution is 2.22. The average Bonchev–Trinajstić information content (AvgIpc) is 2.94. The lowest BCUT2D eigenvalue weighted by Gasteiger charge is -2.15. The van der Waals surface area contributed by atoms with Gasteiger partial charge in [0.05, 0.1) is 6.04 Å². The lowest BCUT2D eigenvalue weighted by atomic mass is 10.1. The van der Waals surface area contributed by atoms with E-state index in [-0.39, 0.29) is 6.04 Å². The summed E-state index contributed by atoms with van der Waals surface area (Å²) in [6.45, 7) is 3.08. The molecule has 0 amide bonds. The highest BCUT2D eigenvalue weighted by atomic mass is 35.5. The highest BCUT2D eigenvalue weighted by molar-refractivity contribution is 6.28. The molecule has 5 heteroatoms. The molecule has 1 N–H and O–H groups in total. The largest absolute Gasteiger partial charge is 0.448 e. The molecule has 0 aliphatic carbocycles. The van der Waals surface area contributed by atoms with E-state index in [0.717, 1.165) is 31.0 Å². The van der Waals surface area contributed by atoms with Crippen LogP contribution in [0.3, 0.4) is 0 Å². The van der Waals surface area contributed by atoms with Gasteiger partial charge in [-0.1, -0.05) is 6.92 Å². The molecule has 0 bridgehead atoms. The Morgan fingerprint density at radius 2 is 2.33 bits per heavy atom. The average molecular weight is 268 g/mol. The lowest BCUT2D eigenvalue weighted by molar-refractivity contribution is 0.404. The predicted molar refractivity (Wildman–Crippen MR) is 71.7 cm³/mol. The highest BCUT2D eigenvalue weighted by Gasteiger charge is 2.17. The molecular formula is C13H18ClN3O. The summed E-state index contributed by atoms with van der Waals surface area (Å²) in [6, 6.07) is 3.80. The van der Waals surface area contributed by atoms with Crippen LogP contribution in [0.5, 0.6) is 0 Å². The van der Waals surface area contributed by atoms with Crippen molar-refractivity contribution in [1.82, 2.24) is 14.9 Å². The molecule has 98 valence electrons. The number of halogens is 1. The van der Waals surface area contributed by atoms with Crippen LogP contribution in [0.4, 0.5) is 0 Å². The Morgan fingerprint density at radius 3 is 2.89 bits per heavy atom. The lowest BCUT2D eigenvalue weighted by Crippen LogP contribution is -2.24. The Bertz CT molecular complexity index is 492. The van der Waals surface area contributed by atoms with Gasteiger partial charge in [-0.25, -0.2) is 4.98 Å². The predicted octanol–water partition coefficient (Wildman–Crippen LogP) is 2.95. The van der Waals surface area contributed by atoms with Crippen LogP contribution in [0, 0.1) is 0 Å². The molecule has 0 saturated carbocycles. The van der Waals surface area contributed by atoms with Crippen LogP contribution in [-0.2, 0) is 13.5 Å². The summed E-state index contributed by atoms with van der Waals surface area (Å²) >= 11 is 5.84.